The average Bonchev–Trinajstić information content (AvgIpc) is 3.34. The van der Waals surface area contributed by atoms with Crippen molar-refractivity contribution in [3.05, 3.63) is 29.8 Å². The topological polar surface area (TPSA) is 67.6 Å². The van der Waals surface area contributed by atoms with Crippen molar-refractivity contribution in [3.63, 3.8) is 0 Å². The number of carbonyl (C=O) groups is 1. The van der Waals surface area contributed by atoms with Gasteiger partial charge >= 0.3 is 0 Å². The molecule has 0 spiro atoms. The predicted octanol–water partition coefficient (Wildman–Crippen LogP) is 1.12. The number of para-hydroxylation sites is 1. The van der Waals surface area contributed by atoms with Crippen molar-refractivity contribution >= 4 is 5.91 Å². The number of ether oxygens (including phenoxy) is 1. The highest BCUT2D eigenvalue weighted by Gasteiger charge is 2.27. The molecular weight excluding hydrogens is 266 g/mol. The van der Waals surface area contributed by atoms with E-state index in [1.165, 1.54) is 12.8 Å². The van der Waals surface area contributed by atoms with Crippen LogP contribution >= 0.6 is 0 Å². The van der Waals surface area contributed by atoms with Crippen LogP contribution in [0.15, 0.2) is 24.3 Å². The number of likely N-dealkylation sites (N-methyl/N-ethyl adjacent to an activating group) is 1. The normalized spacial score (nSPS) is 14.2. The van der Waals surface area contributed by atoms with Gasteiger partial charge in [-0.25, -0.2) is 0 Å². The monoisotopic (exact) mass is 291 g/mol. The summed E-state index contributed by atoms with van der Waals surface area (Å²) in [4.78, 5) is 14.2. The fourth-order valence-electron chi connectivity index (χ4n) is 2.39. The molecule has 1 aromatic rings. The van der Waals surface area contributed by atoms with Gasteiger partial charge in [0, 0.05) is 31.2 Å². The van der Waals surface area contributed by atoms with Crippen molar-refractivity contribution in [2.45, 2.75) is 32.4 Å². The van der Waals surface area contributed by atoms with E-state index in [2.05, 4.69) is 17.1 Å². The smallest absolute Gasteiger partial charge is 0.257 e. The number of nitrogens with two attached hydrogens (primary N) is 1. The summed E-state index contributed by atoms with van der Waals surface area (Å²) in [6, 6.07) is 8.26. The lowest BCUT2D eigenvalue weighted by atomic mass is 10.2. The summed E-state index contributed by atoms with van der Waals surface area (Å²) in [5, 5.41) is 2.90. The highest BCUT2D eigenvalue weighted by Crippen LogP contribution is 2.25. The zero-order valence-corrected chi connectivity index (χ0v) is 12.7. The molecule has 2 rings (SSSR count). The Morgan fingerprint density at radius 2 is 2.19 bits per heavy atom. The number of hydrogen-bond acceptors (Lipinski definition) is 4. The minimum Gasteiger partial charge on any atom is -0.483 e. The van der Waals surface area contributed by atoms with Crippen LogP contribution in [0.4, 0.5) is 0 Å². The average molecular weight is 291 g/mol. The molecule has 1 aliphatic carbocycles. The molecule has 1 saturated carbocycles. The highest BCUT2D eigenvalue weighted by atomic mass is 16.5. The summed E-state index contributed by atoms with van der Waals surface area (Å²) in [5.74, 6) is 0.594. The molecule has 21 heavy (non-hydrogen) atoms. The fourth-order valence-corrected chi connectivity index (χ4v) is 2.39. The molecule has 1 aromatic carbocycles. The maximum atomic E-state index is 11.8. The molecule has 0 bridgehead atoms. The Morgan fingerprint density at radius 1 is 1.43 bits per heavy atom. The van der Waals surface area contributed by atoms with Gasteiger partial charge in [0.15, 0.2) is 6.61 Å². The number of nitrogens with one attached hydrogen (secondary N) is 1. The first kappa shape index (κ1) is 15.8. The third-order valence-electron chi connectivity index (χ3n) is 3.74. The molecule has 0 heterocycles. The molecule has 1 amide bonds. The lowest BCUT2D eigenvalue weighted by Crippen LogP contribution is -2.37. The molecule has 3 N–H and O–H groups in total. The number of benzene rings is 1. The molecule has 0 radical (unpaired) electrons. The van der Waals surface area contributed by atoms with Crippen LogP contribution in [0.5, 0.6) is 5.75 Å². The molecule has 5 nitrogen and oxygen atoms in total. The van der Waals surface area contributed by atoms with Crippen LogP contribution in [0.25, 0.3) is 0 Å². The SMILES string of the molecule is CCN(CCNC(=O)COc1ccccc1CN)C1CC1. The minimum absolute atomic E-state index is 0.0343. The van der Waals surface area contributed by atoms with Crippen molar-refractivity contribution in [1.82, 2.24) is 10.2 Å². The Bertz CT molecular complexity index is 461. The molecule has 0 unspecified atom stereocenters. The van der Waals surface area contributed by atoms with E-state index in [1.54, 1.807) is 0 Å². The summed E-state index contributed by atoms with van der Waals surface area (Å²) in [6.07, 6.45) is 2.58. The highest BCUT2D eigenvalue weighted by molar-refractivity contribution is 5.77. The number of rotatable bonds is 9. The van der Waals surface area contributed by atoms with E-state index in [-0.39, 0.29) is 12.5 Å². The first-order valence-corrected chi connectivity index (χ1v) is 7.66. The van der Waals surface area contributed by atoms with Crippen molar-refractivity contribution in [1.29, 1.82) is 0 Å². The van der Waals surface area contributed by atoms with Gasteiger partial charge in [-0.2, -0.15) is 0 Å². The number of hydrogen-bond donors (Lipinski definition) is 2. The molecule has 1 fully saturated rings. The van der Waals surface area contributed by atoms with Crippen LogP contribution in [0.1, 0.15) is 25.3 Å². The van der Waals surface area contributed by atoms with E-state index in [4.69, 9.17) is 10.5 Å². The van der Waals surface area contributed by atoms with Crippen molar-refractivity contribution < 1.29 is 9.53 Å². The van der Waals surface area contributed by atoms with E-state index < -0.39 is 0 Å². The summed E-state index contributed by atoms with van der Waals surface area (Å²) >= 11 is 0. The summed E-state index contributed by atoms with van der Waals surface area (Å²) < 4.78 is 5.53. The van der Waals surface area contributed by atoms with Crippen LogP contribution in [0.2, 0.25) is 0 Å². The van der Waals surface area contributed by atoms with E-state index in [9.17, 15) is 4.79 Å². The van der Waals surface area contributed by atoms with Gasteiger partial charge in [-0.1, -0.05) is 25.1 Å². The lowest BCUT2D eigenvalue weighted by molar-refractivity contribution is -0.123. The second-order valence-electron chi connectivity index (χ2n) is 5.31. The number of carbonyl (C=O) groups excluding carboxylic acids is 1. The number of nitrogens with zero attached hydrogens (tertiary/aromatic N) is 1. The van der Waals surface area contributed by atoms with Gasteiger partial charge < -0.3 is 15.8 Å². The first-order valence-electron chi connectivity index (χ1n) is 7.66. The van der Waals surface area contributed by atoms with Gasteiger partial charge in [0.2, 0.25) is 0 Å². The molecule has 0 atom stereocenters. The van der Waals surface area contributed by atoms with Crippen molar-refractivity contribution in [2.75, 3.05) is 26.2 Å². The maximum absolute atomic E-state index is 11.8. The Balaban J connectivity index is 1.67. The molecule has 5 heteroatoms. The van der Waals surface area contributed by atoms with Gasteiger partial charge in [-0.3, -0.25) is 9.69 Å². The van der Waals surface area contributed by atoms with Gasteiger partial charge in [0.1, 0.15) is 5.75 Å². The number of amides is 1. The molecule has 0 aliphatic heterocycles. The quantitative estimate of drug-likeness (QED) is 0.715. The molecule has 116 valence electrons. The summed E-state index contributed by atoms with van der Waals surface area (Å²) in [7, 11) is 0. The van der Waals surface area contributed by atoms with Crippen molar-refractivity contribution in [3.8, 4) is 5.75 Å². The zero-order valence-electron chi connectivity index (χ0n) is 12.7. The van der Waals surface area contributed by atoms with Gasteiger partial charge in [0.25, 0.3) is 5.91 Å². The fraction of sp³-hybridized carbons (Fsp3) is 0.562. The second-order valence-corrected chi connectivity index (χ2v) is 5.31. The lowest BCUT2D eigenvalue weighted by Gasteiger charge is -2.19. The second kappa shape index (κ2) is 8.00. The third-order valence-corrected chi connectivity index (χ3v) is 3.74. The summed E-state index contributed by atoms with van der Waals surface area (Å²) in [6.45, 7) is 5.22. The Hall–Kier alpha value is -1.59. The van der Waals surface area contributed by atoms with Gasteiger partial charge in [-0.15, -0.1) is 0 Å². The Morgan fingerprint density at radius 3 is 2.86 bits per heavy atom. The third kappa shape index (κ3) is 5.02. The first-order chi connectivity index (χ1) is 10.2. The molecule has 0 saturated heterocycles. The minimum atomic E-state index is -0.0892. The van der Waals surface area contributed by atoms with Crippen LogP contribution < -0.4 is 15.8 Å². The van der Waals surface area contributed by atoms with E-state index in [0.29, 0.717) is 18.8 Å². The molecule has 0 aromatic heterocycles. The van der Waals surface area contributed by atoms with Gasteiger partial charge in [0.05, 0.1) is 0 Å². The zero-order chi connectivity index (χ0) is 15.1. The maximum Gasteiger partial charge on any atom is 0.257 e. The Kier molecular flexibility index (Phi) is 6.02. The standard InChI is InChI=1S/C16H25N3O2/c1-2-19(14-7-8-14)10-9-18-16(20)12-21-15-6-4-3-5-13(15)11-17/h3-6,14H,2,7-12,17H2,1H3,(H,18,20). The van der Waals surface area contributed by atoms with Crippen LogP contribution in [0, 0.1) is 0 Å². The Labute approximate surface area is 126 Å². The van der Waals surface area contributed by atoms with Crippen LogP contribution in [-0.2, 0) is 11.3 Å². The molecule has 1 aliphatic rings. The van der Waals surface area contributed by atoms with E-state index >= 15 is 0 Å². The van der Waals surface area contributed by atoms with Gasteiger partial charge in [-0.05, 0) is 25.5 Å². The van der Waals surface area contributed by atoms with E-state index in [0.717, 1.165) is 24.7 Å². The van der Waals surface area contributed by atoms with Crippen LogP contribution in [-0.4, -0.2) is 43.1 Å². The van der Waals surface area contributed by atoms with Crippen molar-refractivity contribution in [2.24, 2.45) is 5.73 Å². The predicted molar refractivity (Wildman–Crippen MR) is 83.1 cm³/mol. The largest absolute Gasteiger partial charge is 0.483 e. The van der Waals surface area contributed by atoms with E-state index in [1.807, 2.05) is 24.3 Å². The molecular formula is C16H25N3O2. The van der Waals surface area contributed by atoms with Crippen LogP contribution in [0.3, 0.4) is 0 Å². The summed E-state index contributed by atoms with van der Waals surface area (Å²) in [5.41, 5.74) is 6.55.